The van der Waals surface area contributed by atoms with Gasteiger partial charge in [0.15, 0.2) is 5.56 Å². The minimum Gasteiger partial charge on any atom is -0.374 e. The Hall–Kier alpha value is -4.29. The van der Waals surface area contributed by atoms with E-state index in [1.807, 2.05) is 72.8 Å². The van der Waals surface area contributed by atoms with Crippen molar-refractivity contribution in [3.63, 3.8) is 0 Å². The van der Waals surface area contributed by atoms with Crippen molar-refractivity contribution >= 4 is 5.69 Å². The second-order valence-corrected chi connectivity index (χ2v) is 8.74. The molecule has 0 aliphatic heterocycles. The lowest BCUT2D eigenvalue weighted by atomic mass is 10.1. The molecule has 0 bridgehead atoms. The lowest BCUT2D eigenvalue weighted by molar-refractivity contribution is -0.384. The van der Waals surface area contributed by atoms with Crippen molar-refractivity contribution in [3.05, 3.63) is 123 Å². The molecule has 3 aromatic carbocycles. The Labute approximate surface area is 221 Å². The summed E-state index contributed by atoms with van der Waals surface area (Å²) in [5.41, 5.74) is 3.30. The molecular formula is C30H29N3O5. The van der Waals surface area contributed by atoms with Crippen LogP contribution in [0.5, 0.6) is 0 Å². The van der Waals surface area contributed by atoms with Crippen LogP contribution >= 0.6 is 0 Å². The van der Waals surface area contributed by atoms with E-state index in [1.54, 1.807) is 35.8 Å². The van der Waals surface area contributed by atoms with Crippen molar-refractivity contribution in [2.75, 3.05) is 13.2 Å². The molecule has 0 amide bonds. The minimum absolute atomic E-state index is 0.00730. The molecule has 0 radical (unpaired) electrons. The summed E-state index contributed by atoms with van der Waals surface area (Å²) < 4.78 is 19.8. The lowest BCUT2D eigenvalue weighted by Gasteiger charge is -2.20. The molecule has 0 aliphatic carbocycles. The number of rotatable bonds is 13. The van der Waals surface area contributed by atoms with Crippen LogP contribution in [0.2, 0.25) is 0 Å². The fourth-order valence-electron chi connectivity index (χ4n) is 4.17. The van der Waals surface area contributed by atoms with Crippen molar-refractivity contribution < 1.29 is 19.1 Å². The van der Waals surface area contributed by atoms with Crippen LogP contribution in [0, 0.1) is 28.4 Å². The molecule has 0 spiro atoms. The van der Waals surface area contributed by atoms with Gasteiger partial charge in [-0.05, 0) is 18.1 Å². The SMILES string of the molecule is Cc1c(C#N)c([N+](=O)[O-])c(-c2ccccc2)n1COC(COCc1ccccc1)COCc1ccccc1. The number of nitro groups is 1. The molecule has 0 N–H and O–H groups in total. The fraction of sp³-hybridized carbons (Fsp3) is 0.233. The van der Waals surface area contributed by atoms with Gasteiger partial charge < -0.3 is 18.8 Å². The van der Waals surface area contributed by atoms with E-state index in [-0.39, 0.29) is 31.2 Å². The van der Waals surface area contributed by atoms with Crippen molar-refractivity contribution in [2.45, 2.75) is 33.0 Å². The van der Waals surface area contributed by atoms with Gasteiger partial charge >= 0.3 is 5.69 Å². The summed E-state index contributed by atoms with van der Waals surface area (Å²) in [6.45, 7) is 3.04. The van der Waals surface area contributed by atoms with E-state index < -0.39 is 11.0 Å². The Morgan fingerprint density at radius 2 is 1.37 bits per heavy atom. The highest BCUT2D eigenvalue weighted by Gasteiger charge is 2.30. The first kappa shape index (κ1) is 26.8. The molecule has 8 heteroatoms. The number of nitriles is 1. The third-order valence-corrected chi connectivity index (χ3v) is 6.11. The van der Waals surface area contributed by atoms with Crippen molar-refractivity contribution in [2.24, 2.45) is 0 Å². The smallest absolute Gasteiger partial charge is 0.312 e. The molecule has 0 atom stereocenters. The average Bonchev–Trinajstić information content (AvgIpc) is 3.24. The molecule has 1 aromatic heterocycles. The quantitative estimate of drug-likeness (QED) is 0.161. The monoisotopic (exact) mass is 511 g/mol. The summed E-state index contributed by atoms with van der Waals surface area (Å²) in [5, 5.41) is 21.7. The van der Waals surface area contributed by atoms with Crippen LogP contribution in [-0.2, 0) is 34.2 Å². The van der Waals surface area contributed by atoms with Crippen molar-refractivity contribution in [3.8, 4) is 17.3 Å². The molecule has 194 valence electrons. The Balaban J connectivity index is 1.53. The third-order valence-electron chi connectivity index (χ3n) is 6.11. The highest BCUT2D eigenvalue weighted by Crippen LogP contribution is 2.37. The van der Waals surface area contributed by atoms with Gasteiger partial charge in [0, 0.05) is 11.3 Å². The third kappa shape index (κ3) is 6.72. The van der Waals surface area contributed by atoms with Crippen LogP contribution in [0.25, 0.3) is 11.3 Å². The van der Waals surface area contributed by atoms with E-state index >= 15 is 0 Å². The summed E-state index contributed by atoms with van der Waals surface area (Å²) in [6.07, 6.45) is -0.447. The summed E-state index contributed by atoms with van der Waals surface area (Å²) >= 11 is 0. The summed E-state index contributed by atoms with van der Waals surface area (Å²) in [7, 11) is 0. The van der Waals surface area contributed by atoms with E-state index in [1.165, 1.54) is 0 Å². The summed E-state index contributed by atoms with van der Waals surface area (Å²) in [6, 6.07) is 30.7. The van der Waals surface area contributed by atoms with Crippen LogP contribution in [-0.4, -0.2) is 28.8 Å². The van der Waals surface area contributed by atoms with Crippen LogP contribution in [0.1, 0.15) is 22.4 Å². The van der Waals surface area contributed by atoms with Gasteiger partial charge in [-0.1, -0.05) is 91.0 Å². The first-order valence-electron chi connectivity index (χ1n) is 12.3. The second-order valence-electron chi connectivity index (χ2n) is 8.74. The molecular weight excluding hydrogens is 482 g/mol. The van der Waals surface area contributed by atoms with E-state index in [0.29, 0.717) is 30.2 Å². The zero-order chi connectivity index (χ0) is 26.7. The molecule has 0 unspecified atom stereocenters. The summed E-state index contributed by atoms with van der Waals surface area (Å²) in [4.78, 5) is 11.5. The lowest BCUT2D eigenvalue weighted by Crippen LogP contribution is -2.27. The Morgan fingerprint density at radius 3 is 1.84 bits per heavy atom. The topological polar surface area (TPSA) is 99.5 Å². The molecule has 38 heavy (non-hydrogen) atoms. The van der Waals surface area contributed by atoms with Gasteiger partial charge in [-0.25, -0.2) is 0 Å². The van der Waals surface area contributed by atoms with Crippen LogP contribution in [0.3, 0.4) is 0 Å². The van der Waals surface area contributed by atoms with Gasteiger partial charge in [-0.15, -0.1) is 0 Å². The molecule has 0 saturated carbocycles. The van der Waals surface area contributed by atoms with E-state index in [0.717, 1.165) is 11.1 Å². The molecule has 1 heterocycles. The molecule has 0 fully saturated rings. The molecule has 0 saturated heterocycles. The largest absolute Gasteiger partial charge is 0.374 e. The number of benzene rings is 3. The van der Waals surface area contributed by atoms with Gasteiger partial charge in [-0.2, -0.15) is 5.26 Å². The standard InChI is InChI=1S/C30H29N3O5/c1-23-28(17-31)30(33(34)35)29(26-15-9-4-10-16-26)32(23)22-38-27(20-36-18-24-11-5-2-6-12-24)21-37-19-25-13-7-3-8-14-25/h2-16,27H,18-22H2,1H3. The Morgan fingerprint density at radius 1 is 0.868 bits per heavy atom. The maximum absolute atomic E-state index is 12.0. The predicted octanol–water partition coefficient (Wildman–Crippen LogP) is 6.02. The van der Waals surface area contributed by atoms with Crippen LogP contribution < -0.4 is 0 Å². The maximum Gasteiger partial charge on any atom is 0.312 e. The minimum atomic E-state index is -0.506. The van der Waals surface area contributed by atoms with Crippen molar-refractivity contribution in [1.82, 2.24) is 4.57 Å². The van der Waals surface area contributed by atoms with Gasteiger partial charge in [0.05, 0.1) is 31.4 Å². The molecule has 8 nitrogen and oxygen atoms in total. The van der Waals surface area contributed by atoms with E-state index in [2.05, 4.69) is 0 Å². The Kier molecular flexibility index (Phi) is 9.37. The number of aromatic nitrogens is 1. The summed E-state index contributed by atoms with van der Waals surface area (Å²) in [5.74, 6) is 0. The van der Waals surface area contributed by atoms with Gasteiger partial charge in [0.25, 0.3) is 0 Å². The Bertz CT molecular complexity index is 1320. The number of ether oxygens (including phenoxy) is 3. The van der Waals surface area contributed by atoms with Crippen LogP contribution in [0.4, 0.5) is 5.69 Å². The highest BCUT2D eigenvalue weighted by molar-refractivity contribution is 5.77. The van der Waals surface area contributed by atoms with Crippen LogP contribution in [0.15, 0.2) is 91.0 Å². The fourth-order valence-corrected chi connectivity index (χ4v) is 4.17. The zero-order valence-electron chi connectivity index (χ0n) is 21.2. The van der Waals surface area contributed by atoms with Gasteiger partial charge in [0.2, 0.25) is 0 Å². The van der Waals surface area contributed by atoms with E-state index in [4.69, 9.17) is 14.2 Å². The average molecular weight is 512 g/mol. The molecule has 4 rings (SSSR count). The maximum atomic E-state index is 12.0. The van der Waals surface area contributed by atoms with Gasteiger partial charge in [-0.3, -0.25) is 10.1 Å². The number of hydrogen-bond donors (Lipinski definition) is 0. The number of hydrogen-bond acceptors (Lipinski definition) is 6. The predicted molar refractivity (Wildman–Crippen MR) is 143 cm³/mol. The normalized spacial score (nSPS) is 11.0. The zero-order valence-corrected chi connectivity index (χ0v) is 21.2. The first-order chi connectivity index (χ1) is 18.6. The second kappa shape index (κ2) is 13.3. The highest BCUT2D eigenvalue weighted by atomic mass is 16.6. The van der Waals surface area contributed by atoms with Gasteiger partial charge in [0.1, 0.15) is 24.6 Å². The first-order valence-corrected chi connectivity index (χ1v) is 12.3. The molecule has 4 aromatic rings. The molecule has 0 aliphatic rings. The van der Waals surface area contributed by atoms with Crippen molar-refractivity contribution in [1.29, 1.82) is 5.26 Å². The number of nitrogens with zero attached hydrogens (tertiary/aromatic N) is 3. The van der Waals surface area contributed by atoms with E-state index in [9.17, 15) is 15.4 Å².